The molecule has 0 saturated heterocycles. The molecule has 0 saturated carbocycles. The van der Waals surface area contributed by atoms with Crippen LogP contribution >= 0.6 is 0 Å². The number of H-pyrrole nitrogens is 1. The van der Waals surface area contributed by atoms with Crippen LogP contribution in [0, 0.1) is 0 Å². The van der Waals surface area contributed by atoms with E-state index in [1.165, 1.54) is 0 Å². The third kappa shape index (κ3) is 1.55. The van der Waals surface area contributed by atoms with Gasteiger partial charge >= 0.3 is 0 Å². The average molecular weight is 201 g/mol. The number of isocyanates is 1. The molecule has 0 aliphatic carbocycles. The Kier molecular flexibility index (Phi) is 2.14. The molecule has 0 fully saturated rings. The first-order valence-electron chi connectivity index (χ1n) is 4.67. The third-order valence-corrected chi connectivity index (χ3v) is 2.44. The number of carbonyl (C=O) groups excluding carboxylic acids is 1. The molecule has 0 unspecified atom stereocenters. The maximum Gasteiger partial charge on any atom is 0.235 e. The Morgan fingerprint density at radius 2 is 2.33 bits per heavy atom. The second-order valence-corrected chi connectivity index (χ2v) is 3.86. The highest BCUT2D eigenvalue weighted by atomic mass is 16.1. The quantitative estimate of drug-likeness (QED) is 0.597. The summed E-state index contributed by atoms with van der Waals surface area (Å²) in [5, 5.41) is 0.988. The Hall–Kier alpha value is -1.93. The van der Waals surface area contributed by atoms with Gasteiger partial charge in [0.2, 0.25) is 6.08 Å². The lowest BCUT2D eigenvalue weighted by molar-refractivity contribution is 0.525. The molecule has 4 nitrogen and oxygen atoms in total. The summed E-state index contributed by atoms with van der Waals surface area (Å²) in [4.78, 5) is 21.4. The van der Waals surface area contributed by atoms with E-state index in [2.05, 4.69) is 15.0 Å². The summed E-state index contributed by atoms with van der Waals surface area (Å²) in [6.07, 6.45) is 5.15. The van der Waals surface area contributed by atoms with Crippen molar-refractivity contribution in [1.82, 2.24) is 9.97 Å². The van der Waals surface area contributed by atoms with Crippen molar-refractivity contribution in [3.63, 3.8) is 0 Å². The van der Waals surface area contributed by atoms with Gasteiger partial charge in [0, 0.05) is 23.3 Å². The zero-order valence-electron chi connectivity index (χ0n) is 8.61. The van der Waals surface area contributed by atoms with Crippen molar-refractivity contribution < 1.29 is 4.79 Å². The number of aliphatic imine (C=N–C) groups is 1. The minimum Gasteiger partial charge on any atom is -0.346 e. The van der Waals surface area contributed by atoms with Crippen LogP contribution in [-0.2, 0) is 10.3 Å². The Labute approximate surface area is 87.1 Å². The molecule has 0 aromatic carbocycles. The second-order valence-electron chi connectivity index (χ2n) is 3.86. The molecule has 0 atom stereocenters. The van der Waals surface area contributed by atoms with E-state index in [9.17, 15) is 4.79 Å². The number of rotatable bonds is 2. The van der Waals surface area contributed by atoms with Gasteiger partial charge in [0.25, 0.3) is 0 Å². The number of aromatic nitrogens is 2. The fraction of sp³-hybridized carbons (Fsp3) is 0.273. The first-order valence-corrected chi connectivity index (χ1v) is 4.67. The molecule has 2 heterocycles. The highest BCUT2D eigenvalue weighted by Crippen LogP contribution is 2.30. The highest BCUT2D eigenvalue weighted by molar-refractivity contribution is 5.80. The zero-order chi connectivity index (χ0) is 10.9. The lowest BCUT2D eigenvalue weighted by Crippen LogP contribution is -2.12. The summed E-state index contributed by atoms with van der Waals surface area (Å²) in [7, 11) is 0. The molecule has 2 aromatic heterocycles. The van der Waals surface area contributed by atoms with Crippen LogP contribution in [0.3, 0.4) is 0 Å². The standard InChI is InChI=1S/C11H11N3O/c1-11(2,14-7-15)9-6-13-10-8(9)4-3-5-12-10/h3-6H,1-2H3,(H,12,13). The van der Waals surface area contributed by atoms with Crippen LogP contribution in [0.15, 0.2) is 29.5 Å². The van der Waals surface area contributed by atoms with Crippen LogP contribution in [0.4, 0.5) is 0 Å². The molecular formula is C11H11N3O. The van der Waals surface area contributed by atoms with E-state index in [4.69, 9.17) is 0 Å². The number of hydrogen-bond donors (Lipinski definition) is 1. The molecule has 15 heavy (non-hydrogen) atoms. The lowest BCUT2D eigenvalue weighted by atomic mass is 9.95. The Balaban J connectivity index is 2.67. The van der Waals surface area contributed by atoms with Crippen LogP contribution < -0.4 is 0 Å². The van der Waals surface area contributed by atoms with Gasteiger partial charge in [0.05, 0.1) is 5.54 Å². The number of nitrogens with zero attached hydrogens (tertiary/aromatic N) is 2. The fourth-order valence-electron chi connectivity index (χ4n) is 1.64. The number of hydrogen-bond acceptors (Lipinski definition) is 3. The molecule has 0 spiro atoms. The van der Waals surface area contributed by atoms with E-state index in [1.807, 2.05) is 32.2 Å². The molecular weight excluding hydrogens is 190 g/mol. The number of nitrogens with one attached hydrogen (secondary N) is 1. The normalized spacial score (nSPS) is 11.3. The fourth-order valence-corrected chi connectivity index (χ4v) is 1.64. The summed E-state index contributed by atoms with van der Waals surface area (Å²) in [6.45, 7) is 3.74. The second kappa shape index (κ2) is 3.33. The highest BCUT2D eigenvalue weighted by Gasteiger charge is 2.23. The van der Waals surface area contributed by atoms with Gasteiger partial charge in [-0.15, -0.1) is 0 Å². The molecule has 1 N–H and O–H groups in total. The van der Waals surface area contributed by atoms with Crippen LogP contribution in [0.25, 0.3) is 11.0 Å². The molecule has 0 amide bonds. The van der Waals surface area contributed by atoms with Crippen molar-refractivity contribution in [2.45, 2.75) is 19.4 Å². The molecule has 76 valence electrons. The van der Waals surface area contributed by atoms with Crippen LogP contribution in [0.1, 0.15) is 19.4 Å². The average Bonchev–Trinajstić information content (AvgIpc) is 2.61. The van der Waals surface area contributed by atoms with Crippen molar-refractivity contribution in [2.75, 3.05) is 0 Å². The van der Waals surface area contributed by atoms with Gasteiger partial charge in [-0.05, 0) is 26.0 Å². The lowest BCUT2D eigenvalue weighted by Gasteiger charge is -2.15. The van der Waals surface area contributed by atoms with E-state index in [0.29, 0.717) is 0 Å². The number of fused-ring (bicyclic) bond motifs is 1. The zero-order valence-corrected chi connectivity index (χ0v) is 8.61. The smallest absolute Gasteiger partial charge is 0.235 e. The molecule has 0 bridgehead atoms. The molecule has 2 rings (SSSR count). The number of aromatic amines is 1. The van der Waals surface area contributed by atoms with Crippen molar-refractivity contribution in [3.05, 3.63) is 30.1 Å². The maximum absolute atomic E-state index is 10.3. The summed E-state index contributed by atoms with van der Waals surface area (Å²) >= 11 is 0. The summed E-state index contributed by atoms with van der Waals surface area (Å²) < 4.78 is 0. The van der Waals surface area contributed by atoms with Crippen molar-refractivity contribution >= 4 is 17.1 Å². The molecule has 2 aromatic rings. The van der Waals surface area contributed by atoms with Crippen LogP contribution in [0.2, 0.25) is 0 Å². The van der Waals surface area contributed by atoms with Gasteiger partial charge in [-0.1, -0.05) is 0 Å². The molecule has 4 heteroatoms. The number of pyridine rings is 1. The summed E-state index contributed by atoms with van der Waals surface area (Å²) in [5.41, 5.74) is 1.19. The maximum atomic E-state index is 10.3. The van der Waals surface area contributed by atoms with Gasteiger partial charge in [0.15, 0.2) is 0 Å². The van der Waals surface area contributed by atoms with Gasteiger partial charge in [-0.25, -0.2) is 9.78 Å². The van der Waals surface area contributed by atoms with E-state index in [1.54, 1.807) is 12.3 Å². The van der Waals surface area contributed by atoms with Gasteiger partial charge in [-0.2, -0.15) is 4.99 Å². The van der Waals surface area contributed by atoms with Crippen molar-refractivity contribution in [1.29, 1.82) is 0 Å². The minimum absolute atomic E-state index is 0.566. The van der Waals surface area contributed by atoms with Crippen molar-refractivity contribution in [3.8, 4) is 0 Å². The topological polar surface area (TPSA) is 58.1 Å². The van der Waals surface area contributed by atoms with E-state index >= 15 is 0 Å². The first-order chi connectivity index (χ1) is 7.15. The Morgan fingerprint density at radius 1 is 1.53 bits per heavy atom. The van der Waals surface area contributed by atoms with Crippen LogP contribution in [0.5, 0.6) is 0 Å². The molecule has 0 aliphatic heterocycles. The monoisotopic (exact) mass is 201 g/mol. The SMILES string of the molecule is CC(C)(N=C=O)c1c[nH]c2ncccc12. The predicted molar refractivity (Wildman–Crippen MR) is 57.2 cm³/mol. The van der Waals surface area contributed by atoms with Gasteiger partial charge in [-0.3, -0.25) is 0 Å². The Morgan fingerprint density at radius 3 is 3.07 bits per heavy atom. The van der Waals surface area contributed by atoms with E-state index < -0.39 is 5.54 Å². The van der Waals surface area contributed by atoms with Gasteiger partial charge in [0.1, 0.15) is 5.65 Å². The minimum atomic E-state index is -0.566. The van der Waals surface area contributed by atoms with E-state index in [-0.39, 0.29) is 0 Å². The largest absolute Gasteiger partial charge is 0.346 e. The third-order valence-electron chi connectivity index (χ3n) is 2.44. The molecule has 0 radical (unpaired) electrons. The van der Waals surface area contributed by atoms with E-state index in [0.717, 1.165) is 16.6 Å². The first kappa shape index (κ1) is 9.62. The summed E-state index contributed by atoms with van der Waals surface area (Å²) in [5.74, 6) is 0. The Bertz CT molecular complexity index is 536. The molecule has 0 aliphatic rings. The van der Waals surface area contributed by atoms with Crippen molar-refractivity contribution in [2.24, 2.45) is 4.99 Å². The predicted octanol–water partition coefficient (Wildman–Crippen LogP) is 2.13. The summed E-state index contributed by atoms with van der Waals surface area (Å²) in [6, 6.07) is 3.82. The van der Waals surface area contributed by atoms with Crippen LogP contribution in [-0.4, -0.2) is 16.0 Å². The van der Waals surface area contributed by atoms with Gasteiger partial charge < -0.3 is 4.98 Å².